The lowest BCUT2D eigenvalue weighted by Crippen LogP contribution is -2.30. The summed E-state index contributed by atoms with van der Waals surface area (Å²) in [5.74, 6) is -0.321. The molecule has 0 fully saturated rings. The van der Waals surface area contributed by atoms with Crippen LogP contribution in [-0.2, 0) is 20.7 Å². The molecule has 0 aromatic heterocycles. The number of carbonyl (C=O) groups excluding carboxylic acids is 2. The zero-order valence-corrected chi connectivity index (χ0v) is 15.8. The van der Waals surface area contributed by atoms with Crippen LogP contribution in [0.4, 0.5) is 8.78 Å². The first-order valence-corrected chi connectivity index (χ1v) is 8.75. The molecule has 29 heavy (non-hydrogen) atoms. The van der Waals surface area contributed by atoms with Crippen molar-refractivity contribution in [1.29, 1.82) is 0 Å². The molecule has 154 valence electrons. The Hall–Kier alpha value is -3.42. The van der Waals surface area contributed by atoms with Gasteiger partial charge in [-0.1, -0.05) is 24.3 Å². The molecule has 0 aliphatic carbocycles. The number of rotatable bonds is 10. The van der Waals surface area contributed by atoms with Crippen LogP contribution in [0.5, 0.6) is 11.5 Å². The lowest BCUT2D eigenvalue weighted by molar-refractivity contribution is -0.143. The first-order valence-electron chi connectivity index (χ1n) is 8.75. The van der Waals surface area contributed by atoms with Gasteiger partial charge in [-0.15, -0.1) is 0 Å². The van der Waals surface area contributed by atoms with Crippen molar-refractivity contribution in [3.63, 3.8) is 0 Å². The molecule has 0 aliphatic rings. The minimum atomic E-state index is -2.89. The SMILES string of the molecule is COc1ccc(CCNC(=O)COC(=O)/C=C/c2ccc(OC(F)F)cc2)cc1. The van der Waals surface area contributed by atoms with E-state index in [0.717, 1.165) is 17.4 Å². The Morgan fingerprint density at radius 3 is 2.31 bits per heavy atom. The van der Waals surface area contributed by atoms with Crippen LogP contribution in [0.25, 0.3) is 6.08 Å². The molecule has 0 radical (unpaired) electrons. The van der Waals surface area contributed by atoms with Crippen molar-refractivity contribution < 1.29 is 32.6 Å². The molecule has 0 saturated carbocycles. The minimum Gasteiger partial charge on any atom is -0.497 e. The number of esters is 1. The molecular weight excluding hydrogens is 384 g/mol. The van der Waals surface area contributed by atoms with E-state index in [4.69, 9.17) is 9.47 Å². The van der Waals surface area contributed by atoms with E-state index >= 15 is 0 Å². The van der Waals surface area contributed by atoms with Gasteiger partial charge in [0.1, 0.15) is 11.5 Å². The Morgan fingerprint density at radius 2 is 1.69 bits per heavy atom. The number of hydrogen-bond donors (Lipinski definition) is 1. The number of alkyl halides is 2. The second-order valence-corrected chi connectivity index (χ2v) is 5.84. The fourth-order valence-corrected chi connectivity index (χ4v) is 2.30. The summed E-state index contributed by atoms with van der Waals surface area (Å²) >= 11 is 0. The van der Waals surface area contributed by atoms with Crippen LogP contribution in [0.3, 0.4) is 0 Å². The highest BCUT2D eigenvalue weighted by Gasteiger charge is 2.06. The number of methoxy groups -OCH3 is 1. The Morgan fingerprint density at radius 1 is 1.03 bits per heavy atom. The summed E-state index contributed by atoms with van der Waals surface area (Å²) in [6, 6.07) is 13.2. The lowest BCUT2D eigenvalue weighted by Gasteiger charge is -2.06. The molecule has 0 atom stereocenters. The molecule has 2 rings (SSSR count). The van der Waals surface area contributed by atoms with Crippen molar-refractivity contribution in [2.75, 3.05) is 20.3 Å². The summed E-state index contributed by atoms with van der Waals surface area (Å²) in [5.41, 5.74) is 1.63. The molecule has 1 N–H and O–H groups in total. The Bertz CT molecular complexity index is 820. The molecule has 0 unspecified atom stereocenters. The van der Waals surface area contributed by atoms with E-state index in [9.17, 15) is 18.4 Å². The van der Waals surface area contributed by atoms with Gasteiger partial charge in [-0.3, -0.25) is 4.79 Å². The fourth-order valence-electron chi connectivity index (χ4n) is 2.30. The van der Waals surface area contributed by atoms with E-state index in [-0.39, 0.29) is 5.75 Å². The second-order valence-electron chi connectivity index (χ2n) is 5.84. The van der Waals surface area contributed by atoms with Gasteiger partial charge in [0, 0.05) is 12.6 Å². The second kappa shape index (κ2) is 11.4. The summed E-state index contributed by atoms with van der Waals surface area (Å²) in [4.78, 5) is 23.4. The predicted molar refractivity (Wildman–Crippen MR) is 103 cm³/mol. The predicted octanol–water partition coefficient (Wildman–Crippen LogP) is 3.21. The highest BCUT2D eigenvalue weighted by molar-refractivity contribution is 5.89. The summed E-state index contributed by atoms with van der Waals surface area (Å²) in [5, 5.41) is 2.66. The maximum Gasteiger partial charge on any atom is 0.387 e. The molecule has 0 spiro atoms. The molecule has 0 bridgehead atoms. The average Bonchev–Trinajstić information content (AvgIpc) is 2.72. The van der Waals surface area contributed by atoms with Gasteiger partial charge in [0.25, 0.3) is 5.91 Å². The number of hydrogen-bond acceptors (Lipinski definition) is 5. The molecule has 0 saturated heterocycles. The molecule has 1 amide bonds. The van der Waals surface area contributed by atoms with Crippen molar-refractivity contribution in [3.05, 3.63) is 65.7 Å². The number of ether oxygens (including phenoxy) is 3. The van der Waals surface area contributed by atoms with Crippen molar-refractivity contribution >= 4 is 18.0 Å². The van der Waals surface area contributed by atoms with E-state index in [1.54, 1.807) is 7.11 Å². The Balaban J connectivity index is 1.67. The molecule has 2 aromatic carbocycles. The molecule has 8 heteroatoms. The van der Waals surface area contributed by atoms with Crippen molar-refractivity contribution in [1.82, 2.24) is 5.32 Å². The van der Waals surface area contributed by atoms with Gasteiger partial charge in [-0.2, -0.15) is 8.78 Å². The van der Waals surface area contributed by atoms with E-state index < -0.39 is 25.1 Å². The van der Waals surface area contributed by atoms with E-state index in [1.807, 2.05) is 24.3 Å². The van der Waals surface area contributed by atoms with Gasteiger partial charge in [-0.05, 0) is 47.9 Å². The Kier molecular flexibility index (Phi) is 8.62. The van der Waals surface area contributed by atoms with Gasteiger partial charge < -0.3 is 19.5 Å². The van der Waals surface area contributed by atoms with Crippen LogP contribution in [0.2, 0.25) is 0 Å². The zero-order valence-electron chi connectivity index (χ0n) is 15.8. The van der Waals surface area contributed by atoms with E-state index in [1.165, 1.54) is 30.3 Å². The molecule has 2 aromatic rings. The number of nitrogens with one attached hydrogen (secondary N) is 1. The number of amides is 1. The maximum atomic E-state index is 12.1. The Labute approximate surface area is 167 Å². The van der Waals surface area contributed by atoms with Crippen LogP contribution >= 0.6 is 0 Å². The van der Waals surface area contributed by atoms with Crippen molar-refractivity contribution in [3.8, 4) is 11.5 Å². The smallest absolute Gasteiger partial charge is 0.387 e. The van der Waals surface area contributed by atoms with Gasteiger partial charge in [0.2, 0.25) is 0 Å². The lowest BCUT2D eigenvalue weighted by atomic mass is 10.1. The molecule has 0 heterocycles. The molecular formula is C21H21F2NO5. The maximum absolute atomic E-state index is 12.1. The first-order chi connectivity index (χ1) is 14.0. The van der Waals surface area contributed by atoms with Crippen LogP contribution in [-0.4, -0.2) is 38.7 Å². The van der Waals surface area contributed by atoms with Gasteiger partial charge >= 0.3 is 12.6 Å². The van der Waals surface area contributed by atoms with Gasteiger partial charge in [0.15, 0.2) is 6.61 Å². The van der Waals surface area contributed by atoms with Gasteiger partial charge in [-0.25, -0.2) is 4.79 Å². The van der Waals surface area contributed by atoms with Gasteiger partial charge in [0.05, 0.1) is 7.11 Å². The summed E-state index contributed by atoms with van der Waals surface area (Å²) in [6.45, 7) is -2.88. The zero-order chi connectivity index (χ0) is 21.1. The van der Waals surface area contributed by atoms with Crippen molar-refractivity contribution in [2.45, 2.75) is 13.0 Å². The van der Waals surface area contributed by atoms with Crippen molar-refractivity contribution in [2.24, 2.45) is 0 Å². The average molecular weight is 405 g/mol. The normalized spacial score (nSPS) is 10.8. The molecule has 0 aliphatic heterocycles. The van der Waals surface area contributed by atoms with E-state index in [0.29, 0.717) is 18.5 Å². The monoisotopic (exact) mass is 405 g/mol. The minimum absolute atomic E-state index is 0.0195. The molecule has 6 nitrogen and oxygen atoms in total. The summed E-state index contributed by atoms with van der Waals surface area (Å²) < 4.78 is 38.3. The fraction of sp³-hybridized carbons (Fsp3) is 0.238. The van der Waals surface area contributed by atoms with E-state index in [2.05, 4.69) is 10.1 Å². The standard InChI is InChI=1S/C21H21F2NO5/c1-27-17-7-2-16(3-8-17)12-13-24-19(25)14-28-20(26)11-6-15-4-9-18(10-5-15)29-21(22)23/h2-11,21H,12-14H2,1H3,(H,24,25)/b11-6+. The van der Waals surface area contributed by atoms with Crippen LogP contribution < -0.4 is 14.8 Å². The highest BCUT2D eigenvalue weighted by Crippen LogP contribution is 2.15. The largest absolute Gasteiger partial charge is 0.497 e. The van der Waals surface area contributed by atoms with Crippen LogP contribution in [0, 0.1) is 0 Å². The third-order valence-corrected chi connectivity index (χ3v) is 3.76. The number of carbonyl (C=O) groups is 2. The third kappa shape index (κ3) is 8.42. The van der Waals surface area contributed by atoms with Crippen LogP contribution in [0.15, 0.2) is 54.6 Å². The number of benzene rings is 2. The topological polar surface area (TPSA) is 73.9 Å². The number of halogens is 2. The quantitative estimate of drug-likeness (QED) is 0.485. The van der Waals surface area contributed by atoms with Crippen LogP contribution in [0.1, 0.15) is 11.1 Å². The summed E-state index contributed by atoms with van der Waals surface area (Å²) in [7, 11) is 1.59. The first kappa shape index (κ1) is 21.9. The summed E-state index contributed by atoms with van der Waals surface area (Å²) in [6.07, 6.45) is 3.22. The third-order valence-electron chi connectivity index (χ3n) is 3.76. The highest BCUT2D eigenvalue weighted by atomic mass is 19.3.